The molecular weight excluding hydrogens is 296 g/mol. The van der Waals surface area contributed by atoms with Crippen LogP contribution in [0, 0.1) is 0 Å². The van der Waals surface area contributed by atoms with Gasteiger partial charge in [-0.3, -0.25) is 9.59 Å². The molecule has 0 atom stereocenters. The van der Waals surface area contributed by atoms with Gasteiger partial charge in [0.05, 0.1) is 11.3 Å². The molecule has 1 aromatic carbocycles. The van der Waals surface area contributed by atoms with Gasteiger partial charge in [0, 0.05) is 13.0 Å². The number of carbonyl (C=O) groups excluding carboxylic acids is 2. The van der Waals surface area contributed by atoms with Crippen LogP contribution < -0.4 is 4.31 Å². The number of carbonyl (C=O) groups is 2. The lowest BCUT2D eigenvalue weighted by Crippen LogP contribution is -2.54. The first-order valence-corrected chi connectivity index (χ1v) is 7.75. The minimum Gasteiger partial charge on any atom is -0.443 e. The number of esters is 1. The quantitative estimate of drug-likeness (QED) is 0.781. The average molecular weight is 312 g/mol. The topological polar surface area (TPSA) is 84.0 Å². The molecule has 0 aliphatic carbocycles. The Labute approximate surface area is 123 Å². The van der Waals surface area contributed by atoms with Gasteiger partial charge in [-0.05, 0) is 26.0 Å². The molecule has 1 aliphatic heterocycles. The van der Waals surface area contributed by atoms with Crippen molar-refractivity contribution in [1.82, 2.24) is 4.31 Å². The van der Waals surface area contributed by atoms with Crippen LogP contribution in [0.15, 0.2) is 24.3 Å². The van der Waals surface area contributed by atoms with Crippen molar-refractivity contribution in [2.45, 2.75) is 26.8 Å². The van der Waals surface area contributed by atoms with Gasteiger partial charge in [-0.15, -0.1) is 0 Å². The standard InChI is InChI=1S/C13H16N2O5S/c1-9(2)15-13(17)11-6-4-5-7-12(11)14(21(15,18)19)8-20-10(3)16/h4-7,9H,8H2,1-3H3. The molecule has 0 unspecified atom stereocenters. The smallest absolute Gasteiger partial charge is 0.331 e. The molecule has 0 spiro atoms. The summed E-state index contributed by atoms with van der Waals surface area (Å²) in [6, 6.07) is 5.77. The second-order valence-electron chi connectivity index (χ2n) is 4.83. The molecule has 1 aromatic rings. The molecule has 0 bridgehead atoms. The van der Waals surface area contributed by atoms with Crippen molar-refractivity contribution in [2.75, 3.05) is 11.0 Å². The highest BCUT2D eigenvalue weighted by Crippen LogP contribution is 2.33. The van der Waals surface area contributed by atoms with Gasteiger partial charge in [0.25, 0.3) is 5.91 Å². The van der Waals surface area contributed by atoms with Gasteiger partial charge in [-0.25, -0.2) is 8.61 Å². The van der Waals surface area contributed by atoms with Crippen molar-refractivity contribution >= 4 is 27.8 Å². The number of nitrogens with zero attached hydrogens (tertiary/aromatic N) is 2. The highest BCUT2D eigenvalue weighted by Gasteiger charge is 2.43. The molecule has 8 heteroatoms. The first-order chi connectivity index (χ1) is 9.76. The number of benzene rings is 1. The molecule has 0 radical (unpaired) electrons. The van der Waals surface area contributed by atoms with Gasteiger partial charge in [-0.2, -0.15) is 8.42 Å². The summed E-state index contributed by atoms with van der Waals surface area (Å²) < 4.78 is 31.7. The molecule has 0 aromatic heterocycles. The number of anilines is 1. The zero-order valence-corrected chi connectivity index (χ0v) is 12.8. The van der Waals surface area contributed by atoms with Crippen molar-refractivity contribution in [3.8, 4) is 0 Å². The van der Waals surface area contributed by atoms with Gasteiger partial charge in [0.2, 0.25) is 0 Å². The monoisotopic (exact) mass is 312 g/mol. The summed E-state index contributed by atoms with van der Waals surface area (Å²) in [4.78, 5) is 23.3. The Morgan fingerprint density at radius 1 is 1.29 bits per heavy atom. The molecular formula is C13H16N2O5S. The first kappa shape index (κ1) is 15.3. The van der Waals surface area contributed by atoms with E-state index in [4.69, 9.17) is 4.74 Å². The van der Waals surface area contributed by atoms with Crippen LogP contribution >= 0.6 is 0 Å². The predicted molar refractivity (Wildman–Crippen MR) is 75.8 cm³/mol. The lowest BCUT2D eigenvalue weighted by Gasteiger charge is -2.38. The lowest BCUT2D eigenvalue weighted by molar-refractivity contribution is -0.140. The number of para-hydroxylation sites is 1. The Morgan fingerprint density at radius 2 is 1.90 bits per heavy atom. The van der Waals surface area contributed by atoms with Gasteiger partial charge in [-0.1, -0.05) is 12.1 Å². The predicted octanol–water partition coefficient (Wildman–Crippen LogP) is 1.12. The van der Waals surface area contributed by atoms with Crippen LogP contribution in [-0.2, 0) is 19.7 Å². The van der Waals surface area contributed by atoms with Crippen molar-refractivity contribution in [2.24, 2.45) is 0 Å². The average Bonchev–Trinajstić information content (AvgIpc) is 2.37. The first-order valence-electron chi connectivity index (χ1n) is 6.35. The number of hydrogen-bond donors (Lipinski definition) is 0. The van der Waals surface area contributed by atoms with E-state index in [0.717, 1.165) is 8.61 Å². The molecule has 0 saturated heterocycles. The Kier molecular flexibility index (Phi) is 3.91. The maximum absolute atomic E-state index is 12.6. The van der Waals surface area contributed by atoms with Crippen LogP contribution in [0.3, 0.4) is 0 Å². The zero-order chi connectivity index (χ0) is 15.8. The summed E-state index contributed by atoms with van der Waals surface area (Å²) in [5, 5.41) is 0. The zero-order valence-electron chi connectivity index (χ0n) is 11.9. The number of hydrogen-bond acceptors (Lipinski definition) is 5. The fourth-order valence-electron chi connectivity index (χ4n) is 2.11. The van der Waals surface area contributed by atoms with E-state index in [1.165, 1.54) is 13.0 Å². The maximum Gasteiger partial charge on any atom is 0.331 e. The third kappa shape index (κ3) is 2.58. The summed E-state index contributed by atoms with van der Waals surface area (Å²) in [6.07, 6.45) is 0. The Morgan fingerprint density at radius 3 is 2.48 bits per heavy atom. The highest BCUT2D eigenvalue weighted by atomic mass is 32.2. The molecule has 1 heterocycles. The molecule has 21 heavy (non-hydrogen) atoms. The van der Waals surface area contributed by atoms with Crippen molar-refractivity contribution in [1.29, 1.82) is 0 Å². The van der Waals surface area contributed by atoms with E-state index in [2.05, 4.69) is 0 Å². The molecule has 2 rings (SSSR count). The lowest BCUT2D eigenvalue weighted by atomic mass is 10.1. The second-order valence-corrected chi connectivity index (χ2v) is 6.56. The van der Waals surface area contributed by atoms with Crippen molar-refractivity contribution in [3.63, 3.8) is 0 Å². The molecule has 7 nitrogen and oxygen atoms in total. The summed E-state index contributed by atoms with van der Waals surface area (Å²) in [6.45, 7) is 3.93. The van der Waals surface area contributed by atoms with Gasteiger partial charge >= 0.3 is 16.2 Å². The highest BCUT2D eigenvalue weighted by molar-refractivity contribution is 7.91. The maximum atomic E-state index is 12.6. The number of rotatable bonds is 3. The van der Waals surface area contributed by atoms with Crippen LogP contribution in [-0.4, -0.2) is 37.4 Å². The molecule has 114 valence electrons. The fraction of sp³-hybridized carbons (Fsp3) is 0.385. The van der Waals surface area contributed by atoms with Crippen LogP contribution in [0.5, 0.6) is 0 Å². The van der Waals surface area contributed by atoms with Crippen LogP contribution in [0.1, 0.15) is 31.1 Å². The second kappa shape index (κ2) is 5.36. The minimum atomic E-state index is -4.08. The summed E-state index contributed by atoms with van der Waals surface area (Å²) >= 11 is 0. The van der Waals surface area contributed by atoms with Gasteiger partial charge in [0.1, 0.15) is 0 Å². The molecule has 0 saturated carbocycles. The van der Waals surface area contributed by atoms with E-state index in [-0.39, 0.29) is 11.3 Å². The number of ether oxygens (including phenoxy) is 1. The Hall–Kier alpha value is -2.09. The van der Waals surface area contributed by atoms with Gasteiger partial charge in [0.15, 0.2) is 6.73 Å². The third-order valence-electron chi connectivity index (χ3n) is 2.98. The summed E-state index contributed by atoms with van der Waals surface area (Å²) in [5.74, 6) is -1.18. The van der Waals surface area contributed by atoms with Crippen LogP contribution in [0.2, 0.25) is 0 Å². The van der Waals surface area contributed by atoms with Gasteiger partial charge < -0.3 is 4.74 Å². The van der Waals surface area contributed by atoms with E-state index >= 15 is 0 Å². The molecule has 1 amide bonds. The van der Waals surface area contributed by atoms with E-state index in [0.29, 0.717) is 0 Å². The van der Waals surface area contributed by atoms with Crippen LogP contribution in [0.4, 0.5) is 5.69 Å². The van der Waals surface area contributed by atoms with Crippen molar-refractivity contribution < 1.29 is 22.7 Å². The van der Waals surface area contributed by atoms with E-state index in [9.17, 15) is 18.0 Å². The number of fused-ring (bicyclic) bond motifs is 1. The Balaban J connectivity index is 2.58. The Bertz CT molecular complexity index is 684. The van der Waals surface area contributed by atoms with E-state index in [1.807, 2.05) is 0 Å². The normalized spacial score (nSPS) is 16.9. The van der Waals surface area contributed by atoms with Crippen LogP contribution in [0.25, 0.3) is 0 Å². The molecule has 1 aliphatic rings. The third-order valence-corrected chi connectivity index (χ3v) is 4.93. The largest absolute Gasteiger partial charge is 0.443 e. The van der Waals surface area contributed by atoms with Crippen molar-refractivity contribution in [3.05, 3.63) is 29.8 Å². The molecule has 0 N–H and O–H groups in total. The molecule has 0 fully saturated rings. The van der Waals surface area contributed by atoms with E-state index < -0.39 is 34.9 Å². The SMILES string of the molecule is CC(=O)OCN1c2ccccc2C(=O)N(C(C)C)S1(=O)=O. The van der Waals surface area contributed by atoms with E-state index in [1.54, 1.807) is 32.0 Å². The number of amides is 1. The fourth-order valence-corrected chi connectivity index (χ4v) is 3.76. The minimum absolute atomic E-state index is 0.209. The summed E-state index contributed by atoms with van der Waals surface area (Å²) in [5.41, 5.74) is 0.467. The summed E-state index contributed by atoms with van der Waals surface area (Å²) in [7, 11) is -4.08.